The van der Waals surface area contributed by atoms with E-state index < -0.39 is 0 Å². The Bertz CT molecular complexity index is 91.1. The predicted molar refractivity (Wildman–Crippen MR) is 36.7 cm³/mol. The molecule has 53 valence electrons. The number of hydrogen-bond donors (Lipinski definition) is 1. The number of likely N-dealkylation sites (N-methyl/N-ethyl adjacent to an activating group) is 1. The summed E-state index contributed by atoms with van der Waals surface area (Å²) >= 11 is 0. The van der Waals surface area contributed by atoms with Gasteiger partial charge in [0.25, 0.3) is 0 Å². The lowest BCUT2D eigenvalue weighted by atomic mass is 10.5. The summed E-state index contributed by atoms with van der Waals surface area (Å²) in [6, 6.07) is 0. The van der Waals surface area contributed by atoms with E-state index in [0.29, 0.717) is 6.54 Å². The molecule has 0 aliphatic rings. The number of rotatable bonds is 3. The highest BCUT2D eigenvalue weighted by atomic mass is 16.1. The lowest BCUT2D eigenvalue weighted by molar-refractivity contribution is -0.121. The van der Waals surface area contributed by atoms with Crippen LogP contribution in [0.3, 0.4) is 0 Å². The van der Waals surface area contributed by atoms with Gasteiger partial charge in [0.05, 0.1) is 6.54 Å². The van der Waals surface area contributed by atoms with Crippen LogP contribution in [0, 0.1) is 6.54 Å². The lowest BCUT2D eigenvalue weighted by Crippen LogP contribution is -2.30. The van der Waals surface area contributed by atoms with Crippen LogP contribution in [0.5, 0.6) is 0 Å². The van der Waals surface area contributed by atoms with Crippen molar-refractivity contribution < 1.29 is 4.79 Å². The molecule has 0 aliphatic carbocycles. The monoisotopic (exact) mass is 129 g/mol. The van der Waals surface area contributed by atoms with Crippen molar-refractivity contribution in [1.82, 2.24) is 10.2 Å². The van der Waals surface area contributed by atoms with E-state index in [1.807, 2.05) is 19.0 Å². The fraction of sp³-hybridized carbons (Fsp3) is 0.667. The maximum Gasteiger partial charge on any atom is 0.234 e. The first-order valence-electron chi connectivity index (χ1n) is 2.88. The average Bonchev–Trinajstić information content (AvgIpc) is 1.63. The van der Waals surface area contributed by atoms with Gasteiger partial charge in [-0.05, 0) is 21.0 Å². The third-order valence-electron chi connectivity index (χ3n) is 0.765. The van der Waals surface area contributed by atoms with Crippen LogP contribution in [0.1, 0.15) is 6.92 Å². The Hall–Kier alpha value is -0.570. The molecule has 0 spiro atoms. The zero-order valence-electron chi connectivity index (χ0n) is 6.14. The minimum atomic E-state index is 0.0301. The second-order valence-corrected chi connectivity index (χ2v) is 2.09. The molecule has 1 N–H and O–H groups in total. The Kier molecular flexibility index (Phi) is 4.05. The van der Waals surface area contributed by atoms with Crippen LogP contribution in [0.15, 0.2) is 0 Å². The fourth-order valence-corrected chi connectivity index (χ4v) is 0.494. The molecule has 0 saturated heterocycles. The summed E-state index contributed by atoms with van der Waals surface area (Å²) in [7, 11) is 3.71. The highest BCUT2D eigenvalue weighted by molar-refractivity contribution is 5.78. The van der Waals surface area contributed by atoms with Gasteiger partial charge in [-0.2, -0.15) is 0 Å². The molecule has 0 saturated carbocycles. The first kappa shape index (κ1) is 8.43. The first-order valence-corrected chi connectivity index (χ1v) is 2.88. The maximum absolute atomic E-state index is 10.7. The smallest absolute Gasteiger partial charge is 0.234 e. The molecule has 3 nitrogen and oxygen atoms in total. The van der Waals surface area contributed by atoms with Gasteiger partial charge in [0.2, 0.25) is 5.91 Å². The van der Waals surface area contributed by atoms with Crippen molar-refractivity contribution in [2.45, 2.75) is 6.92 Å². The predicted octanol–water partition coefficient (Wildman–Crippen LogP) is -0.154. The molecule has 0 heterocycles. The summed E-state index contributed by atoms with van der Waals surface area (Å²) in [5.41, 5.74) is 0. The molecule has 1 radical (unpaired) electrons. The fourth-order valence-electron chi connectivity index (χ4n) is 0.494. The second-order valence-electron chi connectivity index (χ2n) is 2.09. The Morgan fingerprint density at radius 3 is 2.56 bits per heavy atom. The van der Waals surface area contributed by atoms with E-state index in [1.165, 1.54) is 0 Å². The summed E-state index contributed by atoms with van der Waals surface area (Å²) in [6.45, 7) is 3.86. The van der Waals surface area contributed by atoms with E-state index in [1.54, 1.807) is 13.5 Å². The molecule has 0 fully saturated rings. The van der Waals surface area contributed by atoms with Crippen LogP contribution in [-0.2, 0) is 4.79 Å². The molecule has 0 rings (SSSR count). The molecule has 0 aromatic heterocycles. The molecule has 0 aromatic carbocycles. The summed E-state index contributed by atoms with van der Waals surface area (Å²) in [5.74, 6) is 0.0301. The lowest BCUT2D eigenvalue weighted by Gasteiger charge is -2.07. The maximum atomic E-state index is 10.7. The summed E-state index contributed by atoms with van der Waals surface area (Å²) in [4.78, 5) is 12.5. The van der Waals surface area contributed by atoms with Gasteiger partial charge in [-0.25, -0.2) is 0 Å². The van der Waals surface area contributed by atoms with Gasteiger partial charge in [-0.1, -0.05) is 0 Å². The molecule has 0 bridgehead atoms. The number of hydrogen-bond acceptors (Lipinski definition) is 2. The van der Waals surface area contributed by atoms with E-state index in [2.05, 4.69) is 5.32 Å². The summed E-state index contributed by atoms with van der Waals surface area (Å²) < 4.78 is 0. The molecule has 1 amide bonds. The Labute approximate surface area is 56.0 Å². The van der Waals surface area contributed by atoms with E-state index in [0.717, 1.165) is 0 Å². The Morgan fingerprint density at radius 1 is 1.67 bits per heavy atom. The number of nitrogens with one attached hydrogen (secondary N) is 1. The van der Waals surface area contributed by atoms with Gasteiger partial charge in [0, 0.05) is 6.54 Å². The first-order chi connectivity index (χ1) is 4.16. The molecular weight excluding hydrogens is 116 g/mol. The minimum absolute atomic E-state index is 0.0301. The molecular formula is C6H13N2O. The van der Waals surface area contributed by atoms with Crippen LogP contribution < -0.4 is 5.32 Å². The molecule has 0 aliphatic heterocycles. The van der Waals surface area contributed by atoms with Gasteiger partial charge in [-0.15, -0.1) is 0 Å². The van der Waals surface area contributed by atoms with Crippen LogP contribution in [-0.4, -0.2) is 31.4 Å². The molecule has 0 unspecified atom stereocenters. The second kappa shape index (κ2) is 4.32. The standard InChI is InChI=1S/C6H13N2O/c1-4-7-6(9)5-8(2)3/h4H,5H2,1-3H3,(H,7,9). The van der Waals surface area contributed by atoms with Crippen molar-refractivity contribution >= 4 is 5.91 Å². The van der Waals surface area contributed by atoms with Crippen molar-refractivity contribution in [2.75, 3.05) is 20.6 Å². The van der Waals surface area contributed by atoms with E-state index >= 15 is 0 Å². The van der Waals surface area contributed by atoms with E-state index in [9.17, 15) is 4.79 Å². The molecule has 9 heavy (non-hydrogen) atoms. The van der Waals surface area contributed by atoms with Gasteiger partial charge in [-0.3, -0.25) is 4.79 Å². The zero-order chi connectivity index (χ0) is 7.28. The van der Waals surface area contributed by atoms with E-state index in [-0.39, 0.29) is 5.91 Å². The van der Waals surface area contributed by atoms with Crippen molar-refractivity contribution in [3.05, 3.63) is 6.54 Å². The normalized spacial score (nSPS) is 9.78. The summed E-state index contributed by atoms with van der Waals surface area (Å²) in [5, 5.41) is 2.57. The van der Waals surface area contributed by atoms with Gasteiger partial charge in [0.1, 0.15) is 0 Å². The zero-order valence-corrected chi connectivity index (χ0v) is 6.14. The van der Waals surface area contributed by atoms with Crippen molar-refractivity contribution in [1.29, 1.82) is 0 Å². The molecule has 0 aromatic rings. The summed E-state index contributed by atoms with van der Waals surface area (Å²) in [6.07, 6.45) is 0. The number of carbonyl (C=O) groups is 1. The van der Waals surface area contributed by atoms with Crippen LogP contribution in [0.2, 0.25) is 0 Å². The van der Waals surface area contributed by atoms with Crippen molar-refractivity contribution in [3.8, 4) is 0 Å². The highest BCUT2D eigenvalue weighted by Crippen LogP contribution is 1.73. The molecule has 0 atom stereocenters. The van der Waals surface area contributed by atoms with E-state index in [4.69, 9.17) is 0 Å². The quantitative estimate of drug-likeness (QED) is 0.574. The Balaban J connectivity index is 3.27. The van der Waals surface area contributed by atoms with Crippen molar-refractivity contribution in [2.24, 2.45) is 0 Å². The largest absolute Gasteiger partial charge is 0.350 e. The van der Waals surface area contributed by atoms with Gasteiger partial charge in [0.15, 0.2) is 0 Å². The number of amides is 1. The Morgan fingerprint density at radius 2 is 2.22 bits per heavy atom. The minimum Gasteiger partial charge on any atom is -0.350 e. The molecule has 3 heteroatoms. The van der Waals surface area contributed by atoms with Crippen LogP contribution >= 0.6 is 0 Å². The van der Waals surface area contributed by atoms with Crippen LogP contribution in [0.25, 0.3) is 0 Å². The topological polar surface area (TPSA) is 32.3 Å². The third-order valence-corrected chi connectivity index (χ3v) is 0.765. The van der Waals surface area contributed by atoms with Crippen LogP contribution in [0.4, 0.5) is 0 Å². The number of carbonyl (C=O) groups excluding carboxylic acids is 1. The van der Waals surface area contributed by atoms with Gasteiger partial charge < -0.3 is 10.2 Å². The number of nitrogens with zero attached hydrogens (tertiary/aromatic N) is 1. The van der Waals surface area contributed by atoms with Crippen molar-refractivity contribution in [3.63, 3.8) is 0 Å². The SMILES string of the molecule is C[CH]NC(=O)CN(C)C. The average molecular weight is 129 g/mol. The van der Waals surface area contributed by atoms with Gasteiger partial charge >= 0.3 is 0 Å². The highest BCUT2D eigenvalue weighted by Gasteiger charge is 1.98. The third kappa shape index (κ3) is 5.30.